The molecule has 5 rings (SSSR count). The highest BCUT2D eigenvalue weighted by atomic mass is 16.5. The normalized spacial score (nSPS) is 16.1. The van der Waals surface area contributed by atoms with Crippen LogP contribution in [0.4, 0.5) is 0 Å². The number of carbonyl (C=O) groups excluding carboxylic acids is 2. The largest absolute Gasteiger partial charge is 0.496 e. The lowest BCUT2D eigenvalue weighted by molar-refractivity contribution is -0.136. The Kier molecular flexibility index (Phi) is 7.41. The van der Waals surface area contributed by atoms with Gasteiger partial charge in [0, 0.05) is 44.5 Å². The molecular weight excluding hydrogens is 496 g/mol. The number of benzene rings is 2. The Morgan fingerprint density at radius 1 is 0.949 bits per heavy atom. The van der Waals surface area contributed by atoms with Crippen molar-refractivity contribution in [2.75, 3.05) is 26.7 Å². The monoisotopic (exact) mass is 530 g/mol. The lowest BCUT2D eigenvalue weighted by Crippen LogP contribution is -2.50. The summed E-state index contributed by atoms with van der Waals surface area (Å²) in [5, 5.41) is 0. The van der Waals surface area contributed by atoms with Gasteiger partial charge in [-0.3, -0.25) is 23.5 Å². The molecule has 39 heavy (non-hydrogen) atoms. The molecule has 0 spiro atoms. The zero-order valence-corrected chi connectivity index (χ0v) is 22.7. The minimum Gasteiger partial charge on any atom is -0.496 e. The van der Waals surface area contributed by atoms with Gasteiger partial charge < -0.3 is 14.5 Å². The zero-order valence-electron chi connectivity index (χ0n) is 22.7. The first-order valence-electron chi connectivity index (χ1n) is 13.4. The number of likely N-dealkylation sites (tertiary alicyclic amines) is 1. The maximum absolute atomic E-state index is 13.3. The predicted molar refractivity (Wildman–Crippen MR) is 148 cm³/mol. The summed E-state index contributed by atoms with van der Waals surface area (Å²) in [4.78, 5) is 55.9. The number of piperidine rings is 1. The standard InChI is InChI=1S/C30H34N4O5/c1-20-7-6-10-24(28(20)39-3)25-18-33(30(38)31(2)29(25)37)19-27(36)32-14-12-23(13-15-32)34-16-11-21-8-4-5-9-22(21)17-26(34)35/h4-10,18,23H,11-17,19H2,1-3H3. The number of fused-ring (bicyclic) bond motifs is 1. The predicted octanol–water partition coefficient (Wildman–Crippen LogP) is 2.15. The molecule has 204 valence electrons. The van der Waals surface area contributed by atoms with Crippen LogP contribution in [0.15, 0.2) is 58.3 Å². The van der Waals surface area contributed by atoms with Crippen LogP contribution in [0.25, 0.3) is 11.1 Å². The topological polar surface area (TPSA) is 93.8 Å². The first kappa shape index (κ1) is 26.5. The summed E-state index contributed by atoms with van der Waals surface area (Å²) >= 11 is 0. The first-order valence-corrected chi connectivity index (χ1v) is 13.4. The molecule has 2 aliphatic heterocycles. The molecular formula is C30H34N4O5. The Bertz CT molecular complexity index is 1530. The summed E-state index contributed by atoms with van der Waals surface area (Å²) in [7, 11) is 2.96. The van der Waals surface area contributed by atoms with Crippen molar-refractivity contribution in [2.45, 2.75) is 45.2 Å². The number of rotatable bonds is 5. The van der Waals surface area contributed by atoms with Gasteiger partial charge in [-0.25, -0.2) is 4.79 Å². The average Bonchev–Trinajstić information content (AvgIpc) is 3.11. The number of aromatic nitrogens is 2. The van der Waals surface area contributed by atoms with Crippen LogP contribution in [0.2, 0.25) is 0 Å². The van der Waals surface area contributed by atoms with Crippen LogP contribution < -0.4 is 16.0 Å². The first-order chi connectivity index (χ1) is 18.8. The van der Waals surface area contributed by atoms with Gasteiger partial charge in [-0.15, -0.1) is 0 Å². The van der Waals surface area contributed by atoms with Crippen LogP contribution in [-0.4, -0.2) is 63.5 Å². The molecule has 2 amide bonds. The maximum Gasteiger partial charge on any atom is 0.331 e. The molecule has 0 radical (unpaired) electrons. The summed E-state index contributed by atoms with van der Waals surface area (Å²) in [5.41, 5.74) is 3.06. The smallest absolute Gasteiger partial charge is 0.331 e. The fraction of sp³-hybridized carbons (Fsp3) is 0.400. The van der Waals surface area contributed by atoms with E-state index in [0.29, 0.717) is 55.8 Å². The molecule has 9 heteroatoms. The van der Waals surface area contributed by atoms with E-state index >= 15 is 0 Å². The zero-order chi connectivity index (χ0) is 27.7. The van der Waals surface area contributed by atoms with Gasteiger partial charge in [0.1, 0.15) is 12.3 Å². The minimum atomic E-state index is -0.548. The summed E-state index contributed by atoms with van der Waals surface area (Å²) in [5.74, 6) is 0.505. The number of aryl methyl sites for hydroxylation is 1. The van der Waals surface area contributed by atoms with Crippen LogP contribution in [0.3, 0.4) is 0 Å². The molecule has 3 aromatic rings. The molecule has 0 bridgehead atoms. The van der Waals surface area contributed by atoms with Gasteiger partial charge in [-0.05, 0) is 42.9 Å². The van der Waals surface area contributed by atoms with E-state index in [1.165, 1.54) is 30.5 Å². The molecule has 3 heterocycles. The number of amides is 2. The number of methoxy groups -OCH3 is 1. The molecule has 1 fully saturated rings. The fourth-order valence-corrected chi connectivity index (χ4v) is 5.82. The van der Waals surface area contributed by atoms with Gasteiger partial charge in [-0.2, -0.15) is 0 Å². The van der Waals surface area contributed by atoms with Crippen molar-refractivity contribution in [1.82, 2.24) is 18.9 Å². The highest BCUT2D eigenvalue weighted by Gasteiger charge is 2.31. The van der Waals surface area contributed by atoms with Gasteiger partial charge in [0.2, 0.25) is 11.8 Å². The average molecular weight is 531 g/mol. The Hall–Kier alpha value is -4.14. The van der Waals surface area contributed by atoms with E-state index in [0.717, 1.165) is 22.1 Å². The molecule has 9 nitrogen and oxygen atoms in total. The third-order valence-corrected chi connectivity index (χ3v) is 8.02. The van der Waals surface area contributed by atoms with Crippen LogP contribution >= 0.6 is 0 Å². The van der Waals surface area contributed by atoms with E-state index in [2.05, 4.69) is 6.07 Å². The van der Waals surface area contributed by atoms with E-state index < -0.39 is 11.2 Å². The molecule has 0 aliphatic carbocycles. The van der Waals surface area contributed by atoms with E-state index in [-0.39, 0.29) is 24.4 Å². The third kappa shape index (κ3) is 5.13. The number of carbonyl (C=O) groups is 2. The maximum atomic E-state index is 13.3. The Morgan fingerprint density at radius 2 is 1.67 bits per heavy atom. The van der Waals surface area contributed by atoms with E-state index in [9.17, 15) is 19.2 Å². The summed E-state index contributed by atoms with van der Waals surface area (Å²) in [6.45, 7) is 3.43. The minimum absolute atomic E-state index is 0.0940. The Morgan fingerprint density at radius 3 is 2.38 bits per heavy atom. The molecule has 0 atom stereocenters. The lowest BCUT2D eigenvalue weighted by Gasteiger charge is -2.38. The van der Waals surface area contributed by atoms with Crippen molar-refractivity contribution in [3.8, 4) is 16.9 Å². The molecule has 1 aromatic heterocycles. The lowest BCUT2D eigenvalue weighted by atomic mass is 10.0. The van der Waals surface area contributed by atoms with Crippen molar-refractivity contribution in [3.05, 3.63) is 86.2 Å². The van der Waals surface area contributed by atoms with Gasteiger partial charge in [-0.1, -0.05) is 42.5 Å². The fourth-order valence-electron chi connectivity index (χ4n) is 5.82. The SMILES string of the molecule is COc1c(C)cccc1-c1cn(CC(=O)N2CCC(N3CCc4ccccc4CC3=O)CC2)c(=O)n(C)c1=O. The Labute approximate surface area is 227 Å². The number of para-hydroxylation sites is 1. The van der Waals surface area contributed by atoms with Crippen molar-refractivity contribution in [1.29, 1.82) is 0 Å². The van der Waals surface area contributed by atoms with Gasteiger partial charge in [0.15, 0.2) is 0 Å². The van der Waals surface area contributed by atoms with Crippen molar-refractivity contribution >= 4 is 11.8 Å². The van der Waals surface area contributed by atoms with Crippen LogP contribution in [-0.2, 0) is 36.0 Å². The molecule has 0 N–H and O–H groups in total. The second kappa shape index (κ2) is 10.9. The van der Waals surface area contributed by atoms with Crippen molar-refractivity contribution in [3.63, 3.8) is 0 Å². The second-order valence-corrected chi connectivity index (χ2v) is 10.4. The molecule has 2 aliphatic rings. The van der Waals surface area contributed by atoms with Crippen LogP contribution in [0.5, 0.6) is 5.75 Å². The third-order valence-electron chi connectivity index (χ3n) is 8.02. The second-order valence-electron chi connectivity index (χ2n) is 10.4. The molecule has 2 aromatic carbocycles. The quantitative estimate of drug-likeness (QED) is 0.504. The summed E-state index contributed by atoms with van der Waals surface area (Å²) < 4.78 is 7.85. The van der Waals surface area contributed by atoms with Crippen molar-refractivity contribution < 1.29 is 14.3 Å². The van der Waals surface area contributed by atoms with Gasteiger partial charge in [0.05, 0.1) is 19.1 Å². The van der Waals surface area contributed by atoms with E-state index in [1.54, 1.807) is 11.0 Å². The van der Waals surface area contributed by atoms with Gasteiger partial charge in [0.25, 0.3) is 5.56 Å². The summed E-state index contributed by atoms with van der Waals surface area (Å²) in [6.07, 6.45) is 4.10. The van der Waals surface area contributed by atoms with Crippen LogP contribution in [0, 0.1) is 6.92 Å². The highest BCUT2D eigenvalue weighted by Crippen LogP contribution is 2.30. The molecule has 1 saturated heterocycles. The van der Waals surface area contributed by atoms with Gasteiger partial charge >= 0.3 is 5.69 Å². The molecule has 0 unspecified atom stereocenters. The number of ether oxygens (including phenoxy) is 1. The number of hydrogen-bond donors (Lipinski definition) is 0. The van der Waals surface area contributed by atoms with E-state index in [1.807, 2.05) is 42.2 Å². The van der Waals surface area contributed by atoms with E-state index in [4.69, 9.17) is 4.74 Å². The molecule has 0 saturated carbocycles. The highest BCUT2D eigenvalue weighted by molar-refractivity contribution is 5.80. The summed E-state index contributed by atoms with van der Waals surface area (Å²) in [6, 6.07) is 13.7. The van der Waals surface area contributed by atoms with Crippen LogP contribution in [0.1, 0.15) is 29.5 Å². The Balaban J connectivity index is 1.29. The number of nitrogens with zero attached hydrogens (tertiary/aromatic N) is 4. The van der Waals surface area contributed by atoms with Crippen molar-refractivity contribution in [2.24, 2.45) is 7.05 Å². The number of hydrogen-bond acceptors (Lipinski definition) is 5.